The van der Waals surface area contributed by atoms with Crippen molar-refractivity contribution in [2.24, 2.45) is 11.8 Å². The van der Waals surface area contributed by atoms with Crippen LogP contribution >= 0.6 is 0 Å². The predicted molar refractivity (Wildman–Crippen MR) is 251 cm³/mol. The molecule has 0 atom stereocenters. The van der Waals surface area contributed by atoms with E-state index in [9.17, 15) is 21.0 Å². The van der Waals surface area contributed by atoms with Crippen LogP contribution in [-0.2, 0) is 22.6 Å². The van der Waals surface area contributed by atoms with Gasteiger partial charge in [-0.1, -0.05) is 70.2 Å². The molecular weight excluding hydrogens is 795 g/mol. The smallest absolute Gasteiger partial charge is 0.137 e. The van der Waals surface area contributed by atoms with Crippen LogP contribution in [0.4, 0.5) is 11.4 Å². The molecule has 11 heteroatoms. The summed E-state index contributed by atoms with van der Waals surface area (Å²) in [4.78, 5) is 14.9. The van der Waals surface area contributed by atoms with Gasteiger partial charge in [-0.2, -0.15) is 21.0 Å². The molecule has 322 valence electrons. The van der Waals surface area contributed by atoms with Crippen LogP contribution in [0.5, 0.6) is 0 Å². The molecule has 2 aromatic carbocycles. The quantitative estimate of drug-likeness (QED) is 0.161. The maximum absolute atomic E-state index is 9.39. The summed E-state index contributed by atoms with van der Waals surface area (Å²) >= 11 is 0. The Morgan fingerprint density at radius 2 is 0.906 bits per heavy atom. The Labute approximate surface area is 377 Å². The third-order valence-corrected chi connectivity index (χ3v) is 11.6. The predicted octanol–water partition coefficient (Wildman–Crippen LogP) is 9.35. The van der Waals surface area contributed by atoms with Gasteiger partial charge in [-0.25, -0.2) is 0 Å². The summed E-state index contributed by atoms with van der Waals surface area (Å²) < 4.78 is 12.1. The van der Waals surface area contributed by atoms with Gasteiger partial charge < -0.3 is 19.3 Å². The topological polar surface area (TPSA) is 139 Å². The van der Waals surface area contributed by atoms with Gasteiger partial charge in [0.2, 0.25) is 0 Å². The van der Waals surface area contributed by atoms with Crippen molar-refractivity contribution in [2.45, 2.75) is 40.8 Å². The van der Waals surface area contributed by atoms with Crippen molar-refractivity contribution in [1.29, 1.82) is 21.0 Å². The highest BCUT2D eigenvalue weighted by molar-refractivity contribution is 5.61. The number of pyridine rings is 1. The molecule has 1 aromatic heterocycles. The lowest BCUT2D eigenvalue weighted by molar-refractivity contribution is 0.240. The van der Waals surface area contributed by atoms with E-state index in [1.807, 2.05) is 76.3 Å². The van der Waals surface area contributed by atoms with Gasteiger partial charge >= 0.3 is 0 Å². The van der Waals surface area contributed by atoms with E-state index in [-0.39, 0.29) is 23.0 Å². The van der Waals surface area contributed by atoms with E-state index in [0.717, 1.165) is 99.5 Å². The Morgan fingerprint density at radius 3 is 1.25 bits per heavy atom. The number of nitrogens with zero attached hydrogens (tertiary/aromatic N) is 9. The molecule has 7 rings (SSSR count). The second-order valence-corrected chi connectivity index (χ2v) is 16.8. The van der Waals surface area contributed by atoms with Crippen molar-refractivity contribution in [3.05, 3.63) is 171 Å². The molecule has 4 aliphatic heterocycles. The molecule has 11 nitrogen and oxygen atoms in total. The molecule has 0 spiro atoms. The van der Waals surface area contributed by atoms with Gasteiger partial charge in [-0.3, -0.25) is 14.8 Å². The largest absolute Gasteiger partial charge is 0.461 e. The normalized spacial score (nSPS) is 17.2. The molecule has 64 heavy (non-hydrogen) atoms. The molecular formula is C53H53N9O2. The van der Waals surface area contributed by atoms with Crippen molar-refractivity contribution < 1.29 is 9.47 Å². The zero-order valence-corrected chi connectivity index (χ0v) is 37.0. The van der Waals surface area contributed by atoms with E-state index < -0.39 is 0 Å². The van der Waals surface area contributed by atoms with Crippen LogP contribution in [0.1, 0.15) is 50.2 Å². The molecule has 2 fully saturated rings. The summed E-state index contributed by atoms with van der Waals surface area (Å²) in [5, 5.41) is 37.6. The third-order valence-electron chi connectivity index (χ3n) is 11.6. The number of anilines is 2. The number of allylic oxidation sites excluding steroid dienone is 12. The Bertz CT molecular complexity index is 2410. The van der Waals surface area contributed by atoms with Gasteiger partial charge in [-0.05, 0) is 84.0 Å². The maximum atomic E-state index is 9.39. The first kappa shape index (κ1) is 44.6. The van der Waals surface area contributed by atoms with Crippen LogP contribution in [0, 0.1) is 57.2 Å². The van der Waals surface area contributed by atoms with Gasteiger partial charge in [0.25, 0.3) is 0 Å². The number of rotatable bonds is 12. The van der Waals surface area contributed by atoms with Gasteiger partial charge in [0, 0.05) is 99.8 Å². The minimum absolute atomic E-state index is 0.0723. The van der Waals surface area contributed by atoms with E-state index in [4.69, 9.17) is 14.5 Å². The highest BCUT2D eigenvalue weighted by Gasteiger charge is 2.21. The van der Waals surface area contributed by atoms with Crippen molar-refractivity contribution in [2.75, 3.05) is 62.2 Å². The molecule has 0 radical (unpaired) electrons. The van der Waals surface area contributed by atoms with Gasteiger partial charge in [-0.15, -0.1) is 0 Å². The van der Waals surface area contributed by atoms with Crippen molar-refractivity contribution >= 4 is 23.5 Å². The summed E-state index contributed by atoms with van der Waals surface area (Å²) in [5.41, 5.74) is 7.97. The second kappa shape index (κ2) is 21.1. The fourth-order valence-corrected chi connectivity index (χ4v) is 7.86. The summed E-state index contributed by atoms with van der Waals surface area (Å²) in [6.07, 6.45) is 14.8. The van der Waals surface area contributed by atoms with Crippen LogP contribution < -0.4 is 9.80 Å². The summed E-state index contributed by atoms with van der Waals surface area (Å²) in [6.45, 7) is 17.4. The molecule has 0 unspecified atom stereocenters. The van der Waals surface area contributed by atoms with Crippen LogP contribution in [0.3, 0.4) is 0 Å². The van der Waals surface area contributed by atoms with Crippen molar-refractivity contribution in [1.82, 2.24) is 14.8 Å². The van der Waals surface area contributed by atoms with E-state index in [0.29, 0.717) is 22.7 Å². The number of hydrogen-bond donors (Lipinski definition) is 0. The minimum atomic E-state index is 0.0723. The molecule has 3 aromatic rings. The first-order chi connectivity index (χ1) is 31.1. The maximum Gasteiger partial charge on any atom is 0.137 e. The van der Waals surface area contributed by atoms with E-state index >= 15 is 0 Å². The molecule has 2 saturated heterocycles. The van der Waals surface area contributed by atoms with E-state index in [1.54, 1.807) is 24.3 Å². The molecule has 0 bridgehead atoms. The van der Waals surface area contributed by atoms with E-state index in [1.165, 1.54) is 11.4 Å². The highest BCUT2D eigenvalue weighted by atomic mass is 16.5. The van der Waals surface area contributed by atoms with Gasteiger partial charge in [0.05, 0.1) is 11.4 Å². The fraction of sp³-hybridized carbons (Fsp3) is 0.302. The standard InChI is InChI=1S/C53H53N9O2/c1-38(2)52-30-42(44(32-54)33-55)28-50(63-52)18-12-40-8-14-48(15-9-40)61-24-20-59(21-25-61)36-46-6-5-7-47(58-46)37-60-22-26-62(27-23-60)49-16-10-41(11-17-49)13-19-51-29-43(45(34-56)35-57)31-53(64-51)39(3)4/h5-19,28-31,38-39H,20-27,36-37H2,1-4H3/b18-12+,19-13+. The number of hydrogen-bond acceptors (Lipinski definition) is 11. The molecule has 4 aliphatic rings. The Morgan fingerprint density at radius 1 is 0.531 bits per heavy atom. The number of ether oxygens (including phenoxy) is 2. The van der Waals surface area contributed by atoms with Crippen LogP contribution in [0.15, 0.2) is 149 Å². The molecule has 0 saturated carbocycles. The van der Waals surface area contributed by atoms with Crippen LogP contribution in [0.2, 0.25) is 0 Å². The Kier molecular flexibility index (Phi) is 14.7. The zero-order chi connectivity index (χ0) is 45.0. The van der Waals surface area contributed by atoms with Crippen LogP contribution in [0.25, 0.3) is 12.2 Å². The first-order valence-electron chi connectivity index (χ1n) is 21.9. The molecule has 5 heterocycles. The number of benzene rings is 2. The number of aromatic nitrogens is 1. The van der Waals surface area contributed by atoms with Crippen molar-refractivity contribution in [3.8, 4) is 24.3 Å². The van der Waals surface area contributed by atoms with Gasteiger partial charge in [0.15, 0.2) is 0 Å². The lowest BCUT2D eigenvalue weighted by Crippen LogP contribution is -2.46. The fourth-order valence-electron chi connectivity index (χ4n) is 7.86. The average Bonchev–Trinajstić information content (AvgIpc) is 3.32. The first-order valence-corrected chi connectivity index (χ1v) is 21.9. The Balaban J connectivity index is 0.855. The second-order valence-electron chi connectivity index (χ2n) is 16.8. The summed E-state index contributed by atoms with van der Waals surface area (Å²) in [6, 6.07) is 31.4. The Hall–Kier alpha value is -7.41. The number of nitriles is 4. The zero-order valence-electron chi connectivity index (χ0n) is 37.0. The molecule has 0 N–H and O–H groups in total. The lowest BCUT2D eigenvalue weighted by Gasteiger charge is -2.36. The lowest BCUT2D eigenvalue weighted by atomic mass is 10.0. The van der Waals surface area contributed by atoms with Gasteiger partial charge in [0.1, 0.15) is 58.5 Å². The summed E-state index contributed by atoms with van der Waals surface area (Å²) in [7, 11) is 0. The van der Waals surface area contributed by atoms with E-state index in [2.05, 4.69) is 86.3 Å². The SMILES string of the molecule is CC(C)C1=CC(=C(C#N)C#N)C=C(/C=C/c2ccc(N3CCN(Cc4cccc(CN5CCN(c6ccc(/C=C/C7=CC(=C(C#N)C#N)C=C(C(C)C)O7)cc6)CC5)n4)CC3)cc2)O1. The highest BCUT2D eigenvalue weighted by Crippen LogP contribution is 2.29. The molecule has 0 amide bonds. The number of piperazine rings is 2. The third kappa shape index (κ3) is 11.5. The van der Waals surface area contributed by atoms with Crippen molar-refractivity contribution in [3.63, 3.8) is 0 Å². The summed E-state index contributed by atoms with van der Waals surface area (Å²) in [5.74, 6) is 2.88. The monoisotopic (exact) mass is 847 g/mol. The minimum Gasteiger partial charge on any atom is -0.461 e. The molecule has 0 aliphatic carbocycles. The van der Waals surface area contributed by atoms with Crippen LogP contribution in [-0.4, -0.2) is 67.1 Å². The average molecular weight is 848 g/mol.